The monoisotopic (exact) mass is 600 g/mol. The average molecular weight is 601 g/mol. The van der Waals surface area contributed by atoms with Crippen LogP contribution in [0.1, 0.15) is 77.6 Å². The van der Waals surface area contributed by atoms with E-state index in [4.69, 9.17) is 0 Å². The van der Waals surface area contributed by atoms with Crippen LogP contribution in [0.4, 0.5) is 0 Å². The lowest BCUT2D eigenvalue weighted by molar-refractivity contribution is -0.152. The number of carbonyl (C=O) groups is 8. The molecule has 4 bridgehead atoms. The zero-order valence-electron chi connectivity index (χ0n) is 26.7. The van der Waals surface area contributed by atoms with Gasteiger partial charge in [0.2, 0.25) is 23.1 Å². The minimum Gasteiger partial charge on any atom is -0.290 e. The van der Waals surface area contributed by atoms with Crippen molar-refractivity contribution in [2.45, 2.75) is 81.1 Å². The Labute approximate surface area is 258 Å². The summed E-state index contributed by atoms with van der Waals surface area (Å²) in [5, 5.41) is 0. The van der Waals surface area contributed by atoms with Crippen LogP contribution >= 0.6 is 0 Å². The fourth-order valence-electron chi connectivity index (χ4n) is 5.55. The SMILES string of the molecule is CC1(C)Cc2ccc(cc2)CC(C)(C)C(=O)C(=O)C(=O)C(=O)C(C)(C)Cc2ccc(cc2)CC(C)(C)C(=O)C(=O)C(=O)C1=O. The maximum atomic E-state index is 13.2. The van der Waals surface area contributed by atoms with E-state index in [1.807, 2.05) is 0 Å². The quantitative estimate of drug-likeness (QED) is 0.410. The summed E-state index contributed by atoms with van der Waals surface area (Å²) in [5.74, 6) is -9.21. The Morgan fingerprint density at radius 2 is 0.455 bits per heavy atom. The molecule has 6 rings (SSSR count). The van der Waals surface area contributed by atoms with E-state index >= 15 is 0 Å². The van der Waals surface area contributed by atoms with Crippen molar-refractivity contribution in [3.63, 3.8) is 0 Å². The topological polar surface area (TPSA) is 137 Å². The van der Waals surface area contributed by atoms with Gasteiger partial charge in [-0.3, -0.25) is 38.4 Å². The van der Waals surface area contributed by atoms with Gasteiger partial charge in [-0.1, -0.05) is 104 Å². The summed E-state index contributed by atoms with van der Waals surface area (Å²) in [7, 11) is 0. The van der Waals surface area contributed by atoms with Crippen molar-refractivity contribution in [2.24, 2.45) is 21.7 Å². The van der Waals surface area contributed by atoms with E-state index in [-0.39, 0.29) is 25.7 Å². The second-order valence-corrected chi connectivity index (χ2v) is 14.5. The van der Waals surface area contributed by atoms with Gasteiger partial charge in [-0.2, -0.15) is 0 Å². The lowest BCUT2D eigenvalue weighted by Crippen LogP contribution is -2.44. The van der Waals surface area contributed by atoms with E-state index in [1.54, 1.807) is 48.5 Å². The van der Waals surface area contributed by atoms with Crippen LogP contribution < -0.4 is 0 Å². The van der Waals surface area contributed by atoms with Gasteiger partial charge in [0.05, 0.1) is 0 Å². The number of carbonyl (C=O) groups excluding carboxylic acids is 8. The lowest BCUT2D eigenvalue weighted by atomic mass is 9.74. The van der Waals surface area contributed by atoms with E-state index in [2.05, 4.69) is 0 Å². The van der Waals surface area contributed by atoms with Crippen LogP contribution in [0.3, 0.4) is 0 Å². The molecule has 0 amide bonds. The first-order chi connectivity index (χ1) is 20.1. The summed E-state index contributed by atoms with van der Waals surface area (Å²) in [6.45, 7) is 12.2. The zero-order chi connectivity index (χ0) is 33.4. The van der Waals surface area contributed by atoms with E-state index in [0.29, 0.717) is 22.3 Å². The second-order valence-electron chi connectivity index (χ2n) is 14.5. The summed E-state index contributed by atoms with van der Waals surface area (Å²) in [4.78, 5) is 104. The number of Topliss-reactive ketones (excluding diaryl/α,β-unsaturated/α-hetero) is 8. The highest BCUT2D eigenvalue weighted by molar-refractivity contribution is 6.79. The molecule has 44 heavy (non-hydrogen) atoms. The molecular formula is C36H40O8. The predicted octanol–water partition coefficient (Wildman–Crippen LogP) is 4.23. The van der Waals surface area contributed by atoms with Gasteiger partial charge in [-0.15, -0.1) is 0 Å². The minimum atomic E-state index is -1.35. The number of rotatable bonds is 0. The number of hydrogen-bond donors (Lipinski definition) is 0. The lowest BCUT2D eigenvalue weighted by Gasteiger charge is -2.26. The molecule has 0 saturated heterocycles. The third kappa shape index (κ3) is 7.29. The largest absolute Gasteiger partial charge is 0.290 e. The Balaban J connectivity index is 2.04. The van der Waals surface area contributed by atoms with Crippen LogP contribution in [0.15, 0.2) is 48.5 Å². The highest BCUT2D eigenvalue weighted by atomic mass is 16.2. The molecule has 0 N–H and O–H groups in total. The van der Waals surface area contributed by atoms with Crippen molar-refractivity contribution in [1.82, 2.24) is 0 Å². The Morgan fingerprint density at radius 3 is 0.591 bits per heavy atom. The average Bonchev–Trinajstić information content (AvgIpc) is 2.94. The van der Waals surface area contributed by atoms with Crippen molar-refractivity contribution in [3.8, 4) is 0 Å². The first-order valence-corrected chi connectivity index (χ1v) is 14.6. The van der Waals surface area contributed by atoms with E-state index in [1.165, 1.54) is 55.4 Å². The summed E-state index contributed by atoms with van der Waals surface area (Å²) in [6, 6.07) is 13.6. The molecule has 8 heteroatoms. The highest BCUT2D eigenvalue weighted by Crippen LogP contribution is 2.30. The molecule has 0 heterocycles. The molecule has 8 nitrogen and oxygen atoms in total. The summed E-state index contributed by atoms with van der Waals surface area (Å²) in [5.41, 5.74) is -2.48. The maximum Gasteiger partial charge on any atom is 0.272 e. The van der Waals surface area contributed by atoms with E-state index in [9.17, 15) is 38.4 Å². The molecule has 4 aliphatic rings. The van der Waals surface area contributed by atoms with Crippen LogP contribution in [0, 0.1) is 21.7 Å². The number of benzene rings is 2. The van der Waals surface area contributed by atoms with Crippen LogP contribution in [-0.4, -0.2) is 46.3 Å². The van der Waals surface area contributed by atoms with Crippen LogP contribution in [0.2, 0.25) is 0 Å². The van der Waals surface area contributed by atoms with Gasteiger partial charge in [0.15, 0.2) is 0 Å². The van der Waals surface area contributed by atoms with E-state index in [0.717, 1.165) is 0 Å². The molecule has 2 aromatic rings. The maximum absolute atomic E-state index is 13.2. The summed E-state index contributed by atoms with van der Waals surface area (Å²) >= 11 is 0. The fraction of sp³-hybridized carbons (Fsp3) is 0.444. The number of ketones is 8. The van der Waals surface area contributed by atoms with E-state index < -0.39 is 67.9 Å². The summed E-state index contributed by atoms with van der Waals surface area (Å²) < 4.78 is 0. The molecule has 0 fully saturated rings. The summed E-state index contributed by atoms with van der Waals surface area (Å²) in [6.07, 6.45) is 0.398. The Hall–Kier alpha value is -4.20. The van der Waals surface area contributed by atoms with Crippen LogP contribution in [0.25, 0.3) is 0 Å². The fourth-order valence-corrected chi connectivity index (χ4v) is 5.55. The van der Waals surface area contributed by atoms with Gasteiger partial charge in [0, 0.05) is 21.7 Å². The Morgan fingerprint density at radius 1 is 0.318 bits per heavy atom. The first kappa shape index (κ1) is 34.3. The molecule has 0 radical (unpaired) electrons. The molecule has 0 atom stereocenters. The Bertz CT molecular complexity index is 1330. The molecule has 0 aliphatic heterocycles. The van der Waals surface area contributed by atoms with Gasteiger partial charge in [-0.05, 0) is 47.9 Å². The van der Waals surface area contributed by atoms with Gasteiger partial charge >= 0.3 is 0 Å². The minimum absolute atomic E-state index is 0.0995. The van der Waals surface area contributed by atoms with Crippen molar-refractivity contribution in [2.75, 3.05) is 0 Å². The normalized spacial score (nSPS) is 21.5. The third-order valence-corrected chi connectivity index (χ3v) is 8.33. The predicted molar refractivity (Wildman–Crippen MR) is 163 cm³/mol. The molecule has 0 spiro atoms. The van der Waals surface area contributed by atoms with Gasteiger partial charge in [0.25, 0.3) is 23.1 Å². The first-order valence-electron chi connectivity index (χ1n) is 14.6. The van der Waals surface area contributed by atoms with Crippen molar-refractivity contribution in [3.05, 3.63) is 70.8 Å². The third-order valence-electron chi connectivity index (χ3n) is 8.33. The van der Waals surface area contributed by atoms with Gasteiger partial charge in [0.1, 0.15) is 0 Å². The van der Waals surface area contributed by atoms with Crippen molar-refractivity contribution in [1.29, 1.82) is 0 Å². The second kappa shape index (κ2) is 12.1. The van der Waals surface area contributed by atoms with Crippen LogP contribution in [-0.2, 0) is 64.0 Å². The molecule has 232 valence electrons. The zero-order valence-corrected chi connectivity index (χ0v) is 26.7. The number of hydrogen-bond acceptors (Lipinski definition) is 8. The standard InChI is InChI=1S/C36H40O8/c1-33(2)17-21-9-11-22(12-10-21)18-35(5,6)31(43)27(39)28(40)32(44)36(7,8)20-24-15-13-23(14-16-24)19-34(3,4)30(42)26(38)25(37)29(33)41/h9-16H,17-20H2,1-8H3. The molecule has 0 aromatic heterocycles. The smallest absolute Gasteiger partial charge is 0.272 e. The molecule has 0 unspecified atom stereocenters. The Kier molecular flexibility index (Phi) is 9.40. The molecular weight excluding hydrogens is 560 g/mol. The van der Waals surface area contributed by atoms with Gasteiger partial charge in [-0.25, -0.2) is 0 Å². The van der Waals surface area contributed by atoms with Crippen LogP contribution in [0.5, 0.6) is 0 Å². The van der Waals surface area contributed by atoms with Crippen molar-refractivity contribution >= 4 is 46.3 Å². The van der Waals surface area contributed by atoms with Crippen molar-refractivity contribution < 1.29 is 38.4 Å². The highest BCUT2D eigenvalue weighted by Gasteiger charge is 2.44. The molecule has 0 saturated carbocycles. The molecule has 4 aliphatic carbocycles. The molecule has 2 aromatic carbocycles. The van der Waals surface area contributed by atoms with Gasteiger partial charge < -0.3 is 0 Å².